The van der Waals surface area contributed by atoms with Crippen LogP contribution < -0.4 is 0 Å². The predicted octanol–water partition coefficient (Wildman–Crippen LogP) is 2.50. The Morgan fingerprint density at radius 3 is 2.92 bits per heavy atom. The van der Waals surface area contributed by atoms with Gasteiger partial charge in [0, 0.05) is 5.41 Å². The summed E-state index contributed by atoms with van der Waals surface area (Å²) in [6.07, 6.45) is 5.11. The lowest BCUT2D eigenvalue weighted by Gasteiger charge is -2.30. The fourth-order valence-corrected chi connectivity index (χ4v) is 2.99. The van der Waals surface area contributed by atoms with Crippen LogP contribution in [0.5, 0.6) is 0 Å². The van der Waals surface area contributed by atoms with Crippen molar-refractivity contribution in [1.29, 1.82) is 0 Å². The van der Waals surface area contributed by atoms with E-state index in [1.807, 2.05) is 0 Å². The monoisotopic (exact) mass is 246 g/mol. The lowest BCUT2D eigenvalue weighted by molar-refractivity contribution is -0.151. The first-order valence-electron chi connectivity index (χ1n) is 4.89. The molecule has 13 heavy (non-hydrogen) atoms. The van der Waals surface area contributed by atoms with Crippen LogP contribution in [0, 0.1) is 11.3 Å². The average molecular weight is 247 g/mol. The summed E-state index contributed by atoms with van der Waals surface area (Å²) in [5, 5.41) is 0.324. The average Bonchev–Trinajstić information content (AvgIpc) is 2.59. The van der Waals surface area contributed by atoms with E-state index < -0.39 is 0 Å². The number of carbonyl (C=O) groups excluding carboxylic acids is 1. The zero-order valence-electron chi connectivity index (χ0n) is 7.88. The second-order valence-corrected chi connectivity index (χ2v) is 5.17. The topological polar surface area (TPSA) is 26.3 Å². The first kappa shape index (κ1) is 9.50. The maximum Gasteiger partial charge on any atom is 0.316 e. The van der Waals surface area contributed by atoms with Crippen molar-refractivity contribution in [2.45, 2.75) is 38.7 Å². The highest BCUT2D eigenvalue weighted by atomic mass is 79.9. The minimum atomic E-state index is -0.112. The van der Waals surface area contributed by atoms with Gasteiger partial charge in [-0.2, -0.15) is 0 Å². The minimum absolute atomic E-state index is 0.112. The van der Waals surface area contributed by atoms with Crippen molar-refractivity contribution in [3.63, 3.8) is 0 Å². The molecule has 0 aromatic carbocycles. The number of hydrogen-bond acceptors (Lipinski definition) is 2. The molecule has 0 N–H and O–H groups in total. The van der Waals surface area contributed by atoms with Gasteiger partial charge in [-0.25, -0.2) is 0 Å². The third-order valence-corrected chi connectivity index (χ3v) is 4.04. The quantitative estimate of drug-likeness (QED) is 0.553. The standard InChI is InChI=1S/C10H15BrO2/c1-10-3-2-7(5-10)4-8(10)13-9(12)6-11/h7-8H,2-6H2,1H3/t7-,8?,10-/m1/s1. The van der Waals surface area contributed by atoms with Crippen molar-refractivity contribution < 1.29 is 9.53 Å². The van der Waals surface area contributed by atoms with Crippen LogP contribution in [0.4, 0.5) is 0 Å². The fraction of sp³-hybridized carbons (Fsp3) is 0.900. The molecule has 2 fully saturated rings. The highest BCUT2D eigenvalue weighted by Crippen LogP contribution is 2.54. The van der Waals surface area contributed by atoms with Crippen molar-refractivity contribution in [3.05, 3.63) is 0 Å². The molecule has 2 aliphatic rings. The molecule has 0 aliphatic heterocycles. The maximum absolute atomic E-state index is 11.1. The molecule has 0 aromatic rings. The van der Waals surface area contributed by atoms with Crippen molar-refractivity contribution in [2.75, 3.05) is 5.33 Å². The van der Waals surface area contributed by atoms with Gasteiger partial charge in [0.25, 0.3) is 0 Å². The Morgan fingerprint density at radius 1 is 1.69 bits per heavy atom. The van der Waals surface area contributed by atoms with Gasteiger partial charge in [-0.15, -0.1) is 0 Å². The van der Waals surface area contributed by atoms with Crippen LogP contribution in [-0.4, -0.2) is 17.4 Å². The van der Waals surface area contributed by atoms with Crippen molar-refractivity contribution in [2.24, 2.45) is 11.3 Å². The Morgan fingerprint density at radius 2 is 2.46 bits per heavy atom. The van der Waals surface area contributed by atoms with E-state index in [9.17, 15) is 4.79 Å². The van der Waals surface area contributed by atoms with E-state index in [-0.39, 0.29) is 12.1 Å². The number of ether oxygens (including phenoxy) is 1. The van der Waals surface area contributed by atoms with E-state index in [2.05, 4.69) is 22.9 Å². The van der Waals surface area contributed by atoms with E-state index in [0.29, 0.717) is 10.7 Å². The van der Waals surface area contributed by atoms with Crippen LogP contribution in [0.15, 0.2) is 0 Å². The van der Waals surface area contributed by atoms with Gasteiger partial charge in [0.1, 0.15) is 11.4 Å². The van der Waals surface area contributed by atoms with Gasteiger partial charge < -0.3 is 4.74 Å². The van der Waals surface area contributed by atoms with Crippen LogP contribution in [0.1, 0.15) is 32.6 Å². The summed E-state index contributed by atoms with van der Waals surface area (Å²) in [5.41, 5.74) is 0.294. The Hall–Kier alpha value is -0.0500. The normalized spacial score (nSPS) is 42.3. The Labute approximate surface area is 87.2 Å². The number of carbonyl (C=O) groups is 1. The summed E-state index contributed by atoms with van der Waals surface area (Å²) in [4.78, 5) is 11.1. The summed E-state index contributed by atoms with van der Waals surface area (Å²) in [6.45, 7) is 2.26. The zero-order chi connectivity index (χ0) is 9.47. The summed E-state index contributed by atoms with van der Waals surface area (Å²) in [5.74, 6) is 0.705. The van der Waals surface area contributed by atoms with Gasteiger partial charge >= 0.3 is 5.97 Å². The number of fused-ring (bicyclic) bond motifs is 2. The molecule has 0 aromatic heterocycles. The Kier molecular flexibility index (Phi) is 2.39. The van der Waals surface area contributed by atoms with Gasteiger partial charge in [-0.05, 0) is 31.6 Å². The Bertz CT molecular complexity index is 229. The number of hydrogen-bond donors (Lipinski definition) is 0. The second-order valence-electron chi connectivity index (χ2n) is 4.61. The Balaban J connectivity index is 1.98. The zero-order valence-corrected chi connectivity index (χ0v) is 9.47. The van der Waals surface area contributed by atoms with Crippen LogP contribution in [-0.2, 0) is 9.53 Å². The number of halogens is 1. The van der Waals surface area contributed by atoms with Crippen LogP contribution in [0.25, 0.3) is 0 Å². The summed E-state index contributed by atoms with van der Waals surface area (Å²) < 4.78 is 5.41. The SMILES string of the molecule is C[C@]12CC[C@H](CC1OC(=O)CBr)C2. The molecule has 0 amide bonds. The molecule has 2 rings (SSSR count). The summed E-state index contributed by atoms with van der Waals surface area (Å²) >= 11 is 3.12. The molecule has 0 saturated heterocycles. The van der Waals surface area contributed by atoms with Crippen molar-refractivity contribution in [1.82, 2.24) is 0 Å². The molecule has 0 spiro atoms. The van der Waals surface area contributed by atoms with Gasteiger partial charge in [-0.3, -0.25) is 4.79 Å². The van der Waals surface area contributed by atoms with E-state index in [1.54, 1.807) is 0 Å². The molecule has 0 heterocycles. The van der Waals surface area contributed by atoms with Crippen molar-refractivity contribution >= 4 is 21.9 Å². The molecule has 3 heteroatoms. The highest BCUT2D eigenvalue weighted by molar-refractivity contribution is 9.09. The smallest absolute Gasteiger partial charge is 0.316 e. The molecule has 3 atom stereocenters. The van der Waals surface area contributed by atoms with E-state index in [4.69, 9.17) is 4.74 Å². The number of rotatable bonds is 2. The predicted molar refractivity (Wildman–Crippen MR) is 53.7 cm³/mol. The van der Waals surface area contributed by atoms with Gasteiger partial charge in [0.15, 0.2) is 0 Å². The first-order valence-corrected chi connectivity index (χ1v) is 6.02. The van der Waals surface area contributed by atoms with Crippen LogP contribution >= 0.6 is 15.9 Å². The maximum atomic E-state index is 11.1. The molecule has 2 bridgehead atoms. The molecule has 2 saturated carbocycles. The molecule has 2 nitrogen and oxygen atoms in total. The minimum Gasteiger partial charge on any atom is -0.461 e. The number of alkyl halides is 1. The van der Waals surface area contributed by atoms with Gasteiger partial charge in [0.05, 0.1) is 0 Å². The third kappa shape index (κ3) is 1.63. The third-order valence-electron chi connectivity index (χ3n) is 3.59. The van der Waals surface area contributed by atoms with Crippen molar-refractivity contribution in [3.8, 4) is 0 Å². The summed E-state index contributed by atoms with van der Waals surface area (Å²) in [6, 6.07) is 0. The highest BCUT2D eigenvalue weighted by Gasteiger charge is 2.50. The molecular formula is C10H15BrO2. The molecule has 74 valence electrons. The molecular weight excluding hydrogens is 232 g/mol. The van der Waals surface area contributed by atoms with Crippen LogP contribution in [0.2, 0.25) is 0 Å². The second kappa shape index (κ2) is 3.26. The largest absolute Gasteiger partial charge is 0.461 e. The van der Waals surface area contributed by atoms with E-state index in [0.717, 1.165) is 12.3 Å². The van der Waals surface area contributed by atoms with Crippen LogP contribution in [0.3, 0.4) is 0 Å². The lowest BCUT2D eigenvalue weighted by Crippen LogP contribution is -2.32. The fourth-order valence-electron chi connectivity index (χ4n) is 2.86. The summed E-state index contributed by atoms with van der Waals surface area (Å²) in [7, 11) is 0. The van der Waals surface area contributed by atoms with Gasteiger partial charge in [-0.1, -0.05) is 22.9 Å². The molecule has 2 aliphatic carbocycles. The molecule has 1 unspecified atom stereocenters. The van der Waals surface area contributed by atoms with E-state index >= 15 is 0 Å². The van der Waals surface area contributed by atoms with Gasteiger partial charge in [0.2, 0.25) is 0 Å². The lowest BCUT2D eigenvalue weighted by atomic mass is 9.84. The first-order chi connectivity index (χ1) is 6.14. The number of esters is 1. The van der Waals surface area contributed by atoms with E-state index in [1.165, 1.54) is 19.3 Å². The molecule has 0 radical (unpaired) electrons.